The summed E-state index contributed by atoms with van der Waals surface area (Å²) in [6, 6.07) is 10.1. The van der Waals surface area contributed by atoms with E-state index in [-0.39, 0.29) is 0 Å². The lowest BCUT2D eigenvalue weighted by atomic mass is 10.2. The van der Waals surface area contributed by atoms with Crippen LogP contribution in [0.4, 0.5) is 0 Å². The van der Waals surface area contributed by atoms with E-state index in [4.69, 9.17) is 37.9 Å². The van der Waals surface area contributed by atoms with Gasteiger partial charge in [-0.15, -0.1) is 6.58 Å². The largest absolute Gasteiger partial charge is 0.379 e. The SMILES string of the molecule is C=CCCOCCOCCOCCOCCOCCOCCOCCOCc1ccccc1. The Morgan fingerprint density at radius 1 is 0.455 bits per heavy atom. The molecule has 0 aromatic heterocycles. The third kappa shape index (κ3) is 22.2. The highest BCUT2D eigenvalue weighted by atomic mass is 16.6. The maximum Gasteiger partial charge on any atom is 0.0718 e. The molecule has 0 aliphatic carbocycles. The summed E-state index contributed by atoms with van der Waals surface area (Å²) in [5.74, 6) is 0. The van der Waals surface area contributed by atoms with Crippen molar-refractivity contribution >= 4 is 0 Å². The molecule has 0 spiro atoms. The van der Waals surface area contributed by atoms with Gasteiger partial charge in [0.25, 0.3) is 0 Å². The average Bonchev–Trinajstić information content (AvgIpc) is 2.84. The van der Waals surface area contributed by atoms with Crippen LogP contribution in [0.5, 0.6) is 0 Å². The Bertz CT molecular complexity index is 514. The van der Waals surface area contributed by atoms with Crippen LogP contribution in [-0.4, -0.2) is 99.1 Å². The molecule has 8 heteroatoms. The lowest BCUT2D eigenvalue weighted by Gasteiger charge is -2.08. The summed E-state index contributed by atoms with van der Waals surface area (Å²) in [5, 5.41) is 0. The molecule has 0 fully saturated rings. The van der Waals surface area contributed by atoms with Crippen LogP contribution in [-0.2, 0) is 44.5 Å². The highest BCUT2D eigenvalue weighted by Gasteiger charge is 1.95. The van der Waals surface area contributed by atoms with Gasteiger partial charge in [0.15, 0.2) is 0 Å². The van der Waals surface area contributed by atoms with Crippen LogP contribution in [0, 0.1) is 0 Å². The second-order valence-electron chi connectivity index (χ2n) is 6.90. The minimum atomic E-state index is 0.535. The Morgan fingerprint density at radius 2 is 0.788 bits per heavy atom. The number of rotatable bonds is 26. The minimum Gasteiger partial charge on any atom is -0.379 e. The smallest absolute Gasteiger partial charge is 0.0718 e. The minimum absolute atomic E-state index is 0.535. The Hall–Kier alpha value is -1.36. The van der Waals surface area contributed by atoms with Gasteiger partial charge in [-0.25, -0.2) is 0 Å². The van der Waals surface area contributed by atoms with Crippen molar-refractivity contribution in [3.63, 3.8) is 0 Å². The van der Waals surface area contributed by atoms with Crippen molar-refractivity contribution in [1.29, 1.82) is 0 Å². The summed E-state index contributed by atoms with van der Waals surface area (Å²) in [6.45, 7) is 12.7. The number of ether oxygens (including phenoxy) is 8. The lowest BCUT2D eigenvalue weighted by Crippen LogP contribution is -2.15. The molecule has 0 amide bonds. The predicted octanol–water partition coefficient (Wildman–Crippen LogP) is 2.90. The number of hydrogen-bond donors (Lipinski definition) is 0. The maximum absolute atomic E-state index is 5.55. The molecule has 190 valence electrons. The second kappa shape index (κ2) is 25.3. The first-order valence-electron chi connectivity index (χ1n) is 11.7. The highest BCUT2D eigenvalue weighted by Crippen LogP contribution is 1.99. The first-order valence-corrected chi connectivity index (χ1v) is 11.7. The molecule has 0 saturated heterocycles. The van der Waals surface area contributed by atoms with Crippen LogP contribution >= 0.6 is 0 Å². The fraction of sp³-hybridized carbons (Fsp3) is 0.680. The van der Waals surface area contributed by atoms with Gasteiger partial charge in [0.1, 0.15) is 0 Å². The summed E-state index contributed by atoms with van der Waals surface area (Å²) in [4.78, 5) is 0. The standard InChI is InChI=1S/C25H42O8/c1-2-3-9-26-10-11-27-12-13-28-14-15-29-16-17-30-18-19-31-20-21-32-22-23-33-24-25-7-5-4-6-8-25/h2,4-8H,1,3,9-24H2. The molecule has 0 N–H and O–H groups in total. The Balaban J connectivity index is 1.64. The van der Waals surface area contributed by atoms with Crippen LogP contribution in [0.1, 0.15) is 12.0 Å². The second-order valence-corrected chi connectivity index (χ2v) is 6.90. The molecule has 8 nitrogen and oxygen atoms in total. The molecule has 0 atom stereocenters. The quantitative estimate of drug-likeness (QED) is 0.151. The molecular formula is C25H42O8. The summed E-state index contributed by atoms with van der Waals surface area (Å²) >= 11 is 0. The molecule has 0 unspecified atom stereocenters. The summed E-state index contributed by atoms with van der Waals surface area (Å²) < 4.78 is 43.5. The molecular weight excluding hydrogens is 428 g/mol. The third-order valence-electron chi connectivity index (χ3n) is 4.18. The Kier molecular flexibility index (Phi) is 22.7. The first-order chi connectivity index (χ1) is 16.4. The maximum atomic E-state index is 5.55. The Labute approximate surface area is 199 Å². The van der Waals surface area contributed by atoms with Gasteiger partial charge in [0, 0.05) is 0 Å². The predicted molar refractivity (Wildman–Crippen MR) is 127 cm³/mol. The zero-order valence-electron chi connectivity index (χ0n) is 20.0. The molecule has 33 heavy (non-hydrogen) atoms. The van der Waals surface area contributed by atoms with E-state index in [0.29, 0.717) is 106 Å². The highest BCUT2D eigenvalue weighted by molar-refractivity contribution is 5.13. The van der Waals surface area contributed by atoms with Gasteiger partial charge in [0.05, 0.1) is 106 Å². The van der Waals surface area contributed by atoms with Crippen LogP contribution in [0.15, 0.2) is 43.0 Å². The van der Waals surface area contributed by atoms with Crippen LogP contribution in [0.2, 0.25) is 0 Å². The van der Waals surface area contributed by atoms with Crippen molar-refractivity contribution in [3.05, 3.63) is 48.6 Å². The average molecular weight is 471 g/mol. The number of benzene rings is 1. The topological polar surface area (TPSA) is 73.8 Å². The molecule has 0 aliphatic rings. The van der Waals surface area contributed by atoms with Crippen molar-refractivity contribution in [2.75, 3.05) is 99.1 Å². The van der Waals surface area contributed by atoms with Crippen molar-refractivity contribution in [1.82, 2.24) is 0 Å². The van der Waals surface area contributed by atoms with Crippen LogP contribution < -0.4 is 0 Å². The summed E-state index contributed by atoms with van der Waals surface area (Å²) in [7, 11) is 0. The molecule has 0 aliphatic heterocycles. The third-order valence-corrected chi connectivity index (χ3v) is 4.18. The zero-order chi connectivity index (χ0) is 23.5. The molecule has 1 rings (SSSR count). The van der Waals surface area contributed by atoms with Gasteiger partial charge in [0.2, 0.25) is 0 Å². The molecule has 0 bridgehead atoms. The number of hydrogen-bond acceptors (Lipinski definition) is 8. The molecule has 0 heterocycles. The van der Waals surface area contributed by atoms with E-state index in [2.05, 4.69) is 6.58 Å². The van der Waals surface area contributed by atoms with E-state index in [1.54, 1.807) is 0 Å². The van der Waals surface area contributed by atoms with Crippen molar-refractivity contribution in [2.24, 2.45) is 0 Å². The normalized spacial score (nSPS) is 11.2. The van der Waals surface area contributed by atoms with E-state index in [1.165, 1.54) is 0 Å². The molecule has 1 aromatic carbocycles. The van der Waals surface area contributed by atoms with Crippen LogP contribution in [0.3, 0.4) is 0 Å². The zero-order valence-corrected chi connectivity index (χ0v) is 20.0. The first kappa shape index (κ1) is 29.7. The fourth-order valence-electron chi connectivity index (χ4n) is 2.47. The van der Waals surface area contributed by atoms with E-state index in [9.17, 15) is 0 Å². The molecule has 1 aromatic rings. The van der Waals surface area contributed by atoms with E-state index in [0.717, 1.165) is 12.0 Å². The van der Waals surface area contributed by atoms with Crippen molar-refractivity contribution in [3.8, 4) is 0 Å². The monoisotopic (exact) mass is 470 g/mol. The Morgan fingerprint density at radius 3 is 1.15 bits per heavy atom. The van der Waals surface area contributed by atoms with Crippen molar-refractivity contribution in [2.45, 2.75) is 13.0 Å². The lowest BCUT2D eigenvalue weighted by molar-refractivity contribution is -0.0235. The van der Waals surface area contributed by atoms with E-state index >= 15 is 0 Å². The van der Waals surface area contributed by atoms with Crippen molar-refractivity contribution < 1.29 is 37.9 Å². The fourth-order valence-corrected chi connectivity index (χ4v) is 2.47. The van der Waals surface area contributed by atoms with Gasteiger partial charge in [-0.05, 0) is 12.0 Å². The van der Waals surface area contributed by atoms with Gasteiger partial charge < -0.3 is 37.9 Å². The molecule has 0 saturated carbocycles. The van der Waals surface area contributed by atoms with E-state index < -0.39 is 0 Å². The van der Waals surface area contributed by atoms with Gasteiger partial charge >= 0.3 is 0 Å². The van der Waals surface area contributed by atoms with Gasteiger partial charge in [-0.2, -0.15) is 0 Å². The summed E-state index contributed by atoms with van der Waals surface area (Å²) in [5.41, 5.74) is 1.16. The van der Waals surface area contributed by atoms with Gasteiger partial charge in [-0.3, -0.25) is 0 Å². The summed E-state index contributed by atoms with van der Waals surface area (Å²) in [6.07, 6.45) is 2.70. The van der Waals surface area contributed by atoms with E-state index in [1.807, 2.05) is 36.4 Å². The molecule has 0 radical (unpaired) electrons. The van der Waals surface area contributed by atoms with Crippen LogP contribution in [0.25, 0.3) is 0 Å². The van der Waals surface area contributed by atoms with Gasteiger partial charge in [-0.1, -0.05) is 36.4 Å².